The number of anilines is 1. The van der Waals surface area contributed by atoms with E-state index in [1.807, 2.05) is 55.3 Å². The van der Waals surface area contributed by atoms with Gasteiger partial charge in [0.05, 0.1) is 0 Å². The summed E-state index contributed by atoms with van der Waals surface area (Å²) in [5.41, 5.74) is 3.21. The summed E-state index contributed by atoms with van der Waals surface area (Å²) in [5, 5.41) is 0. The molecule has 0 aliphatic heterocycles. The molecule has 0 unspecified atom stereocenters. The van der Waals surface area contributed by atoms with Crippen LogP contribution in [0.2, 0.25) is 0 Å². The first kappa shape index (κ1) is 12.4. The molecular formula is C16H16FN. The molecule has 18 heavy (non-hydrogen) atoms. The van der Waals surface area contributed by atoms with Gasteiger partial charge in [-0.1, -0.05) is 36.4 Å². The number of rotatable bonds is 3. The number of halogens is 1. The van der Waals surface area contributed by atoms with Gasteiger partial charge >= 0.3 is 0 Å². The summed E-state index contributed by atoms with van der Waals surface area (Å²) in [6.45, 7) is 5.93. The normalized spacial score (nSPS) is 10.2. The van der Waals surface area contributed by atoms with Gasteiger partial charge in [0.15, 0.2) is 0 Å². The van der Waals surface area contributed by atoms with Crippen molar-refractivity contribution in [3.8, 4) is 0 Å². The third-order valence-electron chi connectivity index (χ3n) is 2.98. The first-order chi connectivity index (χ1) is 8.59. The molecule has 0 atom stereocenters. The molecule has 2 aromatic rings. The van der Waals surface area contributed by atoms with Crippen molar-refractivity contribution in [2.75, 3.05) is 11.9 Å². The molecule has 0 bridgehead atoms. The molecule has 0 fully saturated rings. The van der Waals surface area contributed by atoms with Crippen LogP contribution in [0.3, 0.4) is 0 Å². The lowest BCUT2D eigenvalue weighted by Crippen LogP contribution is -2.15. The molecule has 0 heterocycles. The molecule has 92 valence electrons. The Bertz CT molecular complexity index is 561. The van der Waals surface area contributed by atoms with Crippen molar-refractivity contribution in [3.05, 3.63) is 72.1 Å². The Morgan fingerprint density at radius 3 is 2.44 bits per heavy atom. The van der Waals surface area contributed by atoms with Crippen LogP contribution in [0.1, 0.15) is 11.1 Å². The van der Waals surface area contributed by atoms with Crippen molar-refractivity contribution in [3.63, 3.8) is 0 Å². The van der Waals surface area contributed by atoms with E-state index in [1.165, 1.54) is 6.07 Å². The summed E-state index contributed by atoms with van der Waals surface area (Å²) in [6.07, 6.45) is 0. The minimum Gasteiger partial charge on any atom is -0.345 e. The second-order valence-electron chi connectivity index (χ2n) is 4.32. The van der Waals surface area contributed by atoms with Crippen LogP contribution in [-0.2, 0) is 0 Å². The topological polar surface area (TPSA) is 3.24 Å². The highest BCUT2D eigenvalue weighted by Gasteiger charge is 2.11. The Morgan fingerprint density at radius 1 is 1.11 bits per heavy atom. The first-order valence-electron chi connectivity index (χ1n) is 5.84. The third kappa shape index (κ3) is 2.43. The van der Waals surface area contributed by atoms with Crippen molar-refractivity contribution in [1.29, 1.82) is 0 Å². The summed E-state index contributed by atoms with van der Waals surface area (Å²) in [4.78, 5) is 1.89. The van der Waals surface area contributed by atoms with Gasteiger partial charge in [0.2, 0.25) is 0 Å². The van der Waals surface area contributed by atoms with E-state index < -0.39 is 0 Å². The van der Waals surface area contributed by atoms with Crippen molar-refractivity contribution in [1.82, 2.24) is 0 Å². The maximum absolute atomic E-state index is 13.8. The van der Waals surface area contributed by atoms with Crippen LogP contribution in [0.25, 0.3) is 5.70 Å². The average molecular weight is 241 g/mol. The average Bonchev–Trinajstić information content (AvgIpc) is 2.41. The highest BCUT2D eigenvalue weighted by molar-refractivity contribution is 5.77. The van der Waals surface area contributed by atoms with E-state index in [4.69, 9.17) is 0 Å². The summed E-state index contributed by atoms with van der Waals surface area (Å²) < 4.78 is 13.8. The van der Waals surface area contributed by atoms with E-state index >= 15 is 0 Å². The molecule has 0 aromatic heterocycles. The standard InChI is InChI=1S/C16H16FN/c1-12-9-10-16(17)15(11-12)13(2)18(3)14-7-5-4-6-8-14/h4-11H,2H2,1,3H3. The van der Waals surface area contributed by atoms with Gasteiger partial charge in [-0.25, -0.2) is 4.39 Å². The van der Waals surface area contributed by atoms with Gasteiger partial charge in [0.1, 0.15) is 5.82 Å². The van der Waals surface area contributed by atoms with Crippen LogP contribution >= 0.6 is 0 Å². The molecule has 2 heteroatoms. The van der Waals surface area contributed by atoms with E-state index in [-0.39, 0.29) is 5.82 Å². The van der Waals surface area contributed by atoms with Crippen LogP contribution < -0.4 is 4.90 Å². The van der Waals surface area contributed by atoms with Gasteiger partial charge in [0.25, 0.3) is 0 Å². The molecule has 0 saturated carbocycles. The number of hydrogen-bond donors (Lipinski definition) is 0. The molecule has 0 N–H and O–H groups in total. The van der Waals surface area contributed by atoms with Gasteiger partial charge in [-0.05, 0) is 31.2 Å². The van der Waals surface area contributed by atoms with Crippen molar-refractivity contribution < 1.29 is 4.39 Å². The minimum atomic E-state index is -0.242. The number of hydrogen-bond acceptors (Lipinski definition) is 1. The maximum Gasteiger partial charge on any atom is 0.132 e. The Morgan fingerprint density at radius 2 is 1.78 bits per heavy atom. The van der Waals surface area contributed by atoms with Crippen LogP contribution in [-0.4, -0.2) is 7.05 Å². The fraction of sp³-hybridized carbons (Fsp3) is 0.125. The van der Waals surface area contributed by atoms with Crippen molar-refractivity contribution in [2.24, 2.45) is 0 Å². The van der Waals surface area contributed by atoms with E-state index in [1.54, 1.807) is 6.07 Å². The van der Waals surface area contributed by atoms with E-state index in [0.717, 1.165) is 11.3 Å². The fourth-order valence-electron chi connectivity index (χ4n) is 1.85. The molecule has 0 aliphatic carbocycles. The predicted molar refractivity (Wildman–Crippen MR) is 75.0 cm³/mol. The predicted octanol–water partition coefficient (Wildman–Crippen LogP) is 4.24. The number of para-hydroxylation sites is 1. The molecule has 1 nitrogen and oxygen atoms in total. The Labute approximate surface area is 107 Å². The number of aryl methyl sites for hydroxylation is 1. The third-order valence-corrected chi connectivity index (χ3v) is 2.98. The van der Waals surface area contributed by atoms with Gasteiger partial charge in [0, 0.05) is 24.0 Å². The molecule has 0 saturated heterocycles. The lowest BCUT2D eigenvalue weighted by molar-refractivity contribution is 0.623. The Kier molecular flexibility index (Phi) is 3.47. The molecular weight excluding hydrogens is 225 g/mol. The zero-order valence-corrected chi connectivity index (χ0v) is 10.7. The molecule has 0 amide bonds. The number of nitrogens with zero attached hydrogens (tertiary/aromatic N) is 1. The molecule has 0 aliphatic rings. The summed E-state index contributed by atoms with van der Waals surface area (Å²) in [7, 11) is 1.89. The fourth-order valence-corrected chi connectivity index (χ4v) is 1.85. The summed E-state index contributed by atoms with van der Waals surface area (Å²) in [6, 6.07) is 14.9. The largest absolute Gasteiger partial charge is 0.345 e. The molecule has 2 aromatic carbocycles. The van der Waals surface area contributed by atoms with Gasteiger partial charge < -0.3 is 4.90 Å². The van der Waals surface area contributed by atoms with Crippen molar-refractivity contribution >= 4 is 11.4 Å². The quantitative estimate of drug-likeness (QED) is 0.776. The van der Waals surface area contributed by atoms with E-state index in [2.05, 4.69) is 6.58 Å². The smallest absolute Gasteiger partial charge is 0.132 e. The van der Waals surface area contributed by atoms with Gasteiger partial charge in [-0.15, -0.1) is 0 Å². The monoisotopic (exact) mass is 241 g/mol. The number of benzene rings is 2. The van der Waals surface area contributed by atoms with Gasteiger partial charge in [-0.2, -0.15) is 0 Å². The lowest BCUT2D eigenvalue weighted by Gasteiger charge is -2.22. The Hall–Kier alpha value is -2.09. The second-order valence-corrected chi connectivity index (χ2v) is 4.32. The highest BCUT2D eigenvalue weighted by atomic mass is 19.1. The zero-order valence-electron chi connectivity index (χ0n) is 10.7. The van der Waals surface area contributed by atoms with Crippen LogP contribution in [0.15, 0.2) is 55.1 Å². The van der Waals surface area contributed by atoms with E-state index in [0.29, 0.717) is 11.3 Å². The molecule has 0 spiro atoms. The second kappa shape index (κ2) is 5.05. The van der Waals surface area contributed by atoms with Crippen LogP contribution in [0.5, 0.6) is 0 Å². The van der Waals surface area contributed by atoms with Crippen molar-refractivity contribution in [2.45, 2.75) is 6.92 Å². The zero-order chi connectivity index (χ0) is 13.1. The van der Waals surface area contributed by atoms with Crippen LogP contribution in [0, 0.1) is 12.7 Å². The molecule has 0 radical (unpaired) electrons. The van der Waals surface area contributed by atoms with Crippen LogP contribution in [0.4, 0.5) is 10.1 Å². The lowest BCUT2D eigenvalue weighted by atomic mass is 10.1. The van der Waals surface area contributed by atoms with Gasteiger partial charge in [-0.3, -0.25) is 0 Å². The first-order valence-corrected chi connectivity index (χ1v) is 5.84. The SMILES string of the molecule is C=C(c1cc(C)ccc1F)N(C)c1ccccc1. The Balaban J connectivity index is 2.34. The summed E-state index contributed by atoms with van der Waals surface area (Å²) >= 11 is 0. The maximum atomic E-state index is 13.8. The minimum absolute atomic E-state index is 0.242. The highest BCUT2D eigenvalue weighted by Crippen LogP contribution is 2.25. The molecule has 2 rings (SSSR count). The summed E-state index contributed by atoms with van der Waals surface area (Å²) in [5.74, 6) is -0.242. The van der Waals surface area contributed by atoms with E-state index in [9.17, 15) is 4.39 Å².